The molecule has 0 aliphatic carbocycles. The lowest BCUT2D eigenvalue weighted by Crippen LogP contribution is -2.06. The minimum Gasteiger partial charge on any atom is -0.497 e. The highest BCUT2D eigenvalue weighted by atomic mass is 35.5. The molecule has 0 amide bonds. The van der Waals surface area contributed by atoms with Gasteiger partial charge in [0.1, 0.15) is 11.6 Å². The molecule has 0 aliphatic rings. The van der Waals surface area contributed by atoms with Crippen LogP contribution in [0.5, 0.6) is 5.75 Å². The highest BCUT2D eigenvalue weighted by molar-refractivity contribution is 6.33. The molecule has 19 heavy (non-hydrogen) atoms. The van der Waals surface area contributed by atoms with E-state index in [0.717, 1.165) is 16.9 Å². The van der Waals surface area contributed by atoms with Crippen LogP contribution >= 0.6 is 11.6 Å². The maximum atomic E-state index is 13.4. The Kier molecular flexibility index (Phi) is 4.40. The zero-order valence-electron chi connectivity index (χ0n) is 10.8. The number of benzene rings is 2. The van der Waals surface area contributed by atoms with Crippen LogP contribution in [-0.2, 0) is 6.54 Å². The van der Waals surface area contributed by atoms with E-state index in [9.17, 15) is 4.39 Å². The van der Waals surface area contributed by atoms with Gasteiger partial charge in [0.2, 0.25) is 0 Å². The van der Waals surface area contributed by atoms with Crippen LogP contribution in [0.25, 0.3) is 11.1 Å². The van der Waals surface area contributed by atoms with Crippen molar-refractivity contribution in [2.75, 3.05) is 14.2 Å². The van der Waals surface area contributed by atoms with E-state index in [4.69, 9.17) is 16.3 Å². The molecule has 2 rings (SSSR count). The van der Waals surface area contributed by atoms with Gasteiger partial charge in [0.05, 0.1) is 7.11 Å². The molecule has 0 fully saturated rings. The van der Waals surface area contributed by atoms with Crippen molar-refractivity contribution in [1.29, 1.82) is 0 Å². The fraction of sp³-hybridized carbons (Fsp3) is 0.200. The summed E-state index contributed by atoms with van der Waals surface area (Å²) in [5.74, 6) is 0.465. The molecular formula is C15H15ClFNO. The van der Waals surface area contributed by atoms with E-state index >= 15 is 0 Å². The topological polar surface area (TPSA) is 21.3 Å². The van der Waals surface area contributed by atoms with Gasteiger partial charge >= 0.3 is 0 Å². The summed E-state index contributed by atoms with van der Waals surface area (Å²) in [6.45, 7) is 0.652. The number of methoxy groups -OCH3 is 1. The molecule has 1 N–H and O–H groups in total. The molecule has 0 unspecified atom stereocenters. The largest absolute Gasteiger partial charge is 0.497 e. The minimum absolute atomic E-state index is 0.300. The molecule has 0 radical (unpaired) electrons. The van der Waals surface area contributed by atoms with Gasteiger partial charge < -0.3 is 10.1 Å². The van der Waals surface area contributed by atoms with E-state index in [1.807, 2.05) is 25.2 Å². The first-order valence-corrected chi connectivity index (χ1v) is 6.30. The van der Waals surface area contributed by atoms with Crippen LogP contribution in [0.4, 0.5) is 4.39 Å². The van der Waals surface area contributed by atoms with Gasteiger partial charge in [0.15, 0.2) is 0 Å². The Morgan fingerprint density at radius 2 is 1.95 bits per heavy atom. The summed E-state index contributed by atoms with van der Waals surface area (Å²) in [5, 5.41) is 3.62. The molecule has 0 spiro atoms. The van der Waals surface area contributed by atoms with Crippen LogP contribution in [0.15, 0.2) is 36.4 Å². The first-order chi connectivity index (χ1) is 9.15. The Hall–Kier alpha value is -1.58. The normalized spacial score (nSPS) is 10.5. The molecule has 0 saturated carbocycles. The van der Waals surface area contributed by atoms with Crippen molar-refractivity contribution in [2.45, 2.75) is 6.54 Å². The number of rotatable bonds is 4. The van der Waals surface area contributed by atoms with Crippen molar-refractivity contribution >= 4 is 11.6 Å². The molecule has 2 nitrogen and oxygen atoms in total. The highest BCUT2D eigenvalue weighted by Crippen LogP contribution is 2.33. The Labute approximate surface area is 117 Å². The molecule has 0 heterocycles. The Morgan fingerprint density at radius 1 is 1.16 bits per heavy atom. The maximum absolute atomic E-state index is 13.4. The third-order valence-electron chi connectivity index (χ3n) is 2.90. The van der Waals surface area contributed by atoms with Crippen LogP contribution < -0.4 is 10.1 Å². The number of ether oxygens (including phenoxy) is 1. The van der Waals surface area contributed by atoms with Crippen molar-refractivity contribution in [3.8, 4) is 16.9 Å². The summed E-state index contributed by atoms with van der Waals surface area (Å²) >= 11 is 6.16. The van der Waals surface area contributed by atoms with Crippen LogP contribution in [0.2, 0.25) is 5.02 Å². The third-order valence-corrected chi connectivity index (χ3v) is 3.23. The lowest BCUT2D eigenvalue weighted by Gasteiger charge is -2.13. The fourth-order valence-electron chi connectivity index (χ4n) is 2.00. The average Bonchev–Trinajstić information content (AvgIpc) is 2.42. The molecule has 0 saturated heterocycles. The molecule has 0 atom stereocenters. The van der Waals surface area contributed by atoms with E-state index in [1.54, 1.807) is 13.2 Å². The van der Waals surface area contributed by atoms with E-state index in [1.165, 1.54) is 12.1 Å². The molecule has 2 aromatic carbocycles. The maximum Gasteiger partial charge on any atom is 0.123 e. The van der Waals surface area contributed by atoms with E-state index in [0.29, 0.717) is 17.1 Å². The Balaban J connectivity index is 2.57. The van der Waals surface area contributed by atoms with E-state index in [-0.39, 0.29) is 5.82 Å². The SMILES string of the molecule is CNCc1cc(OC)ccc1-c1cc(F)ccc1Cl. The van der Waals surface area contributed by atoms with Gasteiger partial charge in [0, 0.05) is 17.1 Å². The highest BCUT2D eigenvalue weighted by Gasteiger charge is 2.10. The van der Waals surface area contributed by atoms with Gasteiger partial charge in [0.25, 0.3) is 0 Å². The van der Waals surface area contributed by atoms with E-state index in [2.05, 4.69) is 5.32 Å². The molecule has 100 valence electrons. The lowest BCUT2D eigenvalue weighted by atomic mass is 9.99. The predicted octanol–water partition coefficient (Wildman–Crippen LogP) is 3.87. The summed E-state index contributed by atoms with van der Waals surface area (Å²) in [5.41, 5.74) is 2.60. The number of hydrogen-bond acceptors (Lipinski definition) is 2. The first kappa shape index (κ1) is 13.8. The molecule has 2 aromatic rings. The second-order valence-electron chi connectivity index (χ2n) is 4.18. The second kappa shape index (κ2) is 6.04. The zero-order chi connectivity index (χ0) is 13.8. The van der Waals surface area contributed by atoms with Crippen molar-refractivity contribution in [2.24, 2.45) is 0 Å². The quantitative estimate of drug-likeness (QED) is 0.917. The van der Waals surface area contributed by atoms with Crippen molar-refractivity contribution in [3.05, 3.63) is 52.8 Å². The van der Waals surface area contributed by atoms with Crippen LogP contribution in [0.3, 0.4) is 0 Å². The zero-order valence-corrected chi connectivity index (χ0v) is 11.6. The number of halogens is 2. The number of nitrogens with one attached hydrogen (secondary N) is 1. The summed E-state index contributed by atoms with van der Waals surface area (Å²) < 4.78 is 18.6. The van der Waals surface area contributed by atoms with Gasteiger partial charge in [-0.25, -0.2) is 4.39 Å². The van der Waals surface area contributed by atoms with Crippen LogP contribution in [0, 0.1) is 5.82 Å². The monoisotopic (exact) mass is 279 g/mol. The van der Waals surface area contributed by atoms with Gasteiger partial charge in [-0.2, -0.15) is 0 Å². The summed E-state index contributed by atoms with van der Waals surface area (Å²) in [6.07, 6.45) is 0. The molecule has 4 heteroatoms. The van der Waals surface area contributed by atoms with Gasteiger partial charge in [-0.1, -0.05) is 17.7 Å². The average molecular weight is 280 g/mol. The lowest BCUT2D eigenvalue weighted by molar-refractivity contribution is 0.414. The molecule has 0 bridgehead atoms. The van der Waals surface area contributed by atoms with Crippen LogP contribution in [0.1, 0.15) is 5.56 Å². The standard InChI is InChI=1S/C15H15ClFNO/c1-18-9-10-7-12(19-2)4-5-13(10)14-8-11(17)3-6-15(14)16/h3-8,18H,9H2,1-2H3. The smallest absolute Gasteiger partial charge is 0.123 e. The summed E-state index contributed by atoms with van der Waals surface area (Å²) in [4.78, 5) is 0. The minimum atomic E-state index is -0.300. The Morgan fingerprint density at radius 3 is 2.63 bits per heavy atom. The van der Waals surface area contributed by atoms with Crippen LogP contribution in [-0.4, -0.2) is 14.2 Å². The van der Waals surface area contributed by atoms with E-state index < -0.39 is 0 Å². The van der Waals surface area contributed by atoms with Crippen molar-refractivity contribution in [3.63, 3.8) is 0 Å². The van der Waals surface area contributed by atoms with Gasteiger partial charge in [-0.15, -0.1) is 0 Å². The molecule has 0 aliphatic heterocycles. The molecular weight excluding hydrogens is 265 g/mol. The Bertz CT molecular complexity index is 586. The predicted molar refractivity (Wildman–Crippen MR) is 76.2 cm³/mol. The summed E-state index contributed by atoms with van der Waals surface area (Å²) in [6, 6.07) is 10.0. The fourth-order valence-corrected chi connectivity index (χ4v) is 2.22. The molecule has 0 aromatic heterocycles. The second-order valence-corrected chi connectivity index (χ2v) is 4.58. The number of hydrogen-bond donors (Lipinski definition) is 1. The van der Waals surface area contributed by atoms with Gasteiger partial charge in [-0.3, -0.25) is 0 Å². The van der Waals surface area contributed by atoms with Crippen molar-refractivity contribution < 1.29 is 9.13 Å². The van der Waals surface area contributed by atoms with Gasteiger partial charge in [-0.05, 0) is 48.5 Å². The summed E-state index contributed by atoms with van der Waals surface area (Å²) in [7, 11) is 3.48. The first-order valence-electron chi connectivity index (χ1n) is 5.92. The third kappa shape index (κ3) is 3.06. The van der Waals surface area contributed by atoms with Crippen molar-refractivity contribution in [1.82, 2.24) is 5.32 Å².